The number of hydrogen-bond acceptors (Lipinski definition) is 2. The number of likely N-dealkylation sites (N-methyl/N-ethyl adjacent to an activating group) is 1. The molecule has 0 unspecified atom stereocenters. The van der Waals surface area contributed by atoms with E-state index in [0.29, 0.717) is 0 Å². The van der Waals surface area contributed by atoms with E-state index in [1.165, 1.54) is 16.7 Å². The van der Waals surface area contributed by atoms with Crippen molar-refractivity contribution in [1.29, 1.82) is 0 Å². The first kappa shape index (κ1) is 16.4. The van der Waals surface area contributed by atoms with Crippen molar-refractivity contribution < 1.29 is 0 Å². The molecule has 0 saturated carbocycles. The molecule has 0 bridgehead atoms. The number of nitrogens with two attached hydrogens (primary N) is 1. The van der Waals surface area contributed by atoms with Crippen LogP contribution in [0.2, 0.25) is 0 Å². The molecule has 0 spiro atoms. The molecule has 3 heteroatoms. The van der Waals surface area contributed by atoms with Gasteiger partial charge < -0.3 is 10.6 Å². The van der Waals surface area contributed by atoms with Crippen molar-refractivity contribution in [3.63, 3.8) is 0 Å². The quantitative estimate of drug-likeness (QED) is 0.898. The first-order valence-electron chi connectivity index (χ1n) is 5.81. The first-order chi connectivity index (χ1) is 7.26. The predicted molar refractivity (Wildman–Crippen MR) is 77.8 cm³/mol. The number of benzene rings is 1. The molecule has 1 aromatic carbocycles. The monoisotopic (exact) mass is 256 g/mol. The summed E-state index contributed by atoms with van der Waals surface area (Å²) < 4.78 is 0. The predicted octanol–water partition coefficient (Wildman–Crippen LogP) is 2.89. The van der Waals surface area contributed by atoms with Crippen LogP contribution < -0.4 is 5.73 Å². The van der Waals surface area contributed by atoms with Gasteiger partial charge in [0.1, 0.15) is 0 Å². The Labute approximate surface area is 112 Å². The van der Waals surface area contributed by atoms with Crippen LogP contribution in [0.25, 0.3) is 0 Å². The van der Waals surface area contributed by atoms with Crippen LogP contribution in [-0.4, -0.2) is 24.0 Å². The Balaban J connectivity index is 0.00000256. The minimum atomic E-state index is -0.131. The van der Waals surface area contributed by atoms with Crippen molar-refractivity contribution in [2.45, 2.75) is 39.8 Å². The number of rotatable bonds is 4. The molecule has 0 aromatic heterocycles. The highest BCUT2D eigenvalue weighted by atomic mass is 35.5. The normalized spacial score (nSPS) is 11.5. The zero-order valence-corrected chi connectivity index (χ0v) is 12.4. The molecule has 0 amide bonds. The smallest absolute Gasteiger partial charge is 0.0231 e. The second-order valence-corrected chi connectivity index (χ2v) is 5.66. The van der Waals surface area contributed by atoms with Crippen molar-refractivity contribution in [3.8, 4) is 0 Å². The maximum Gasteiger partial charge on any atom is 0.0231 e. The first-order valence-corrected chi connectivity index (χ1v) is 5.81. The van der Waals surface area contributed by atoms with Crippen LogP contribution in [0.5, 0.6) is 0 Å². The largest absolute Gasteiger partial charge is 0.324 e. The van der Waals surface area contributed by atoms with Gasteiger partial charge in [-0.1, -0.05) is 29.3 Å². The molecule has 0 heterocycles. The van der Waals surface area contributed by atoms with Gasteiger partial charge in [-0.2, -0.15) is 0 Å². The Morgan fingerprint density at radius 3 is 2.00 bits per heavy atom. The Hall–Kier alpha value is -0.570. The Morgan fingerprint density at radius 2 is 1.59 bits per heavy atom. The van der Waals surface area contributed by atoms with Crippen LogP contribution in [0.4, 0.5) is 0 Å². The summed E-state index contributed by atoms with van der Waals surface area (Å²) >= 11 is 0. The van der Waals surface area contributed by atoms with E-state index in [1.54, 1.807) is 0 Å². The summed E-state index contributed by atoms with van der Waals surface area (Å²) in [6, 6.07) is 6.69. The molecule has 2 N–H and O–H groups in total. The van der Waals surface area contributed by atoms with Crippen molar-refractivity contribution in [2.24, 2.45) is 5.73 Å². The lowest BCUT2D eigenvalue weighted by Crippen LogP contribution is -2.43. The Morgan fingerprint density at radius 1 is 1.12 bits per heavy atom. The minimum Gasteiger partial charge on any atom is -0.324 e. The lowest BCUT2D eigenvalue weighted by atomic mass is 10.0. The van der Waals surface area contributed by atoms with Gasteiger partial charge >= 0.3 is 0 Å². The molecule has 2 nitrogen and oxygen atoms in total. The summed E-state index contributed by atoms with van der Waals surface area (Å²) in [7, 11) is 2.12. The van der Waals surface area contributed by atoms with E-state index in [4.69, 9.17) is 5.73 Å². The van der Waals surface area contributed by atoms with E-state index < -0.39 is 0 Å². The van der Waals surface area contributed by atoms with Gasteiger partial charge in [0.15, 0.2) is 0 Å². The van der Waals surface area contributed by atoms with Gasteiger partial charge in [-0.3, -0.25) is 0 Å². The van der Waals surface area contributed by atoms with E-state index in [0.717, 1.165) is 13.1 Å². The van der Waals surface area contributed by atoms with E-state index in [-0.39, 0.29) is 17.9 Å². The molecule has 0 aliphatic carbocycles. The molecular formula is C14H25ClN2. The maximum atomic E-state index is 6.01. The minimum absolute atomic E-state index is 0. The molecule has 1 rings (SSSR count). The highest BCUT2D eigenvalue weighted by Crippen LogP contribution is 2.11. The van der Waals surface area contributed by atoms with Gasteiger partial charge in [0.2, 0.25) is 0 Å². The fraction of sp³-hybridized carbons (Fsp3) is 0.571. The van der Waals surface area contributed by atoms with Gasteiger partial charge in [-0.05, 0) is 40.3 Å². The number of hydrogen-bond donors (Lipinski definition) is 1. The van der Waals surface area contributed by atoms with Crippen LogP contribution in [0.1, 0.15) is 30.5 Å². The summed E-state index contributed by atoms with van der Waals surface area (Å²) in [4.78, 5) is 2.27. The second-order valence-electron chi connectivity index (χ2n) is 5.66. The van der Waals surface area contributed by atoms with Crippen molar-refractivity contribution >= 4 is 12.4 Å². The zero-order chi connectivity index (χ0) is 12.3. The van der Waals surface area contributed by atoms with E-state index in [9.17, 15) is 0 Å². The molecule has 0 aliphatic heterocycles. The highest BCUT2D eigenvalue weighted by molar-refractivity contribution is 5.85. The average Bonchev–Trinajstić information content (AvgIpc) is 1.96. The maximum absolute atomic E-state index is 6.01. The lowest BCUT2D eigenvalue weighted by Gasteiger charge is -2.26. The van der Waals surface area contributed by atoms with Crippen LogP contribution in [0, 0.1) is 13.8 Å². The molecule has 0 radical (unpaired) electrons. The van der Waals surface area contributed by atoms with E-state index in [1.807, 2.05) is 0 Å². The summed E-state index contributed by atoms with van der Waals surface area (Å²) in [6.07, 6.45) is 0. The van der Waals surface area contributed by atoms with Crippen LogP contribution in [0.15, 0.2) is 18.2 Å². The van der Waals surface area contributed by atoms with Gasteiger partial charge in [0.05, 0.1) is 0 Å². The summed E-state index contributed by atoms with van der Waals surface area (Å²) in [5.41, 5.74) is 9.90. The summed E-state index contributed by atoms with van der Waals surface area (Å²) in [5.74, 6) is 0. The Kier molecular flexibility index (Phi) is 6.17. The summed E-state index contributed by atoms with van der Waals surface area (Å²) in [6.45, 7) is 10.3. The van der Waals surface area contributed by atoms with E-state index >= 15 is 0 Å². The van der Waals surface area contributed by atoms with Crippen molar-refractivity contribution in [3.05, 3.63) is 34.9 Å². The number of aryl methyl sites for hydroxylation is 2. The molecule has 17 heavy (non-hydrogen) atoms. The van der Waals surface area contributed by atoms with Crippen LogP contribution >= 0.6 is 12.4 Å². The SMILES string of the molecule is Cc1cc(C)cc(CN(C)CC(C)(C)N)c1.Cl. The lowest BCUT2D eigenvalue weighted by molar-refractivity contribution is 0.263. The molecule has 0 fully saturated rings. The van der Waals surface area contributed by atoms with Gasteiger partial charge in [-0.25, -0.2) is 0 Å². The fourth-order valence-corrected chi connectivity index (χ4v) is 2.22. The topological polar surface area (TPSA) is 29.3 Å². The molecule has 0 saturated heterocycles. The second kappa shape index (κ2) is 6.39. The molecule has 0 aliphatic rings. The van der Waals surface area contributed by atoms with Gasteiger partial charge in [0, 0.05) is 18.6 Å². The number of nitrogens with zero attached hydrogens (tertiary/aromatic N) is 1. The molecule has 1 aromatic rings. The fourth-order valence-electron chi connectivity index (χ4n) is 2.22. The van der Waals surface area contributed by atoms with Gasteiger partial charge in [-0.15, -0.1) is 12.4 Å². The van der Waals surface area contributed by atoms with Crippen LogP contribution in [0.3, 0.4) is 0 Å². The van der Waals surface area contributed by atoms with E-state index in [2.05, 4.69) is 57.8 Å². The zero-order valence-electron chi connectivity index (χ0n) is 11.6. The van der Waals surface area contributed by atoms with Crippen molar-refractivity contribution in [1.82, 2.24) is 4.90 Å². The van der Waals surface area contributed by atoms with Gasteiger partial charge in [0.25, 0.3) is 0 Å². The summed E-state index contributed by atoms with van der Waals surface area (Å²) in [5, 5.41) is 0. The molecule has 98 valence electrons. The third-order valence-corrected chi connectivity index (χ3v) is 2.41. The van der Waals surface area contributed by atoms with Crippen LogP contribution in [-0.2, 0) is 6.54 Å². The third kappa shape index (κ3) is 6.67. The average molecular weight is 257 g/mol. The Bertz CT molecular complexity index is 335. The standard InChI is InChI=1S/C14H24N2.ClH/c1-11-6-12(2)8-13(7-11)9-16(5)10-14(3,4)15;/h6-8H,9-10,15H2,1-5H3;1H. The third-order valence-electron chi connectivity index (χ3n) is 2.41. The molecular weight excluding hydrogens is 232 g/mol. The molecule has 0 atom stereocenters. The van der Waals surface area contributed by atoms with Crippen molar-refractivity contribution in [2.75, 3.05) is 13.6 Å². The number of halogens is 1. The highest BCUT2D eigenvalue weighted by Gasteiger charge is 2.13.